The van der Waals surface area contributed by atoms with Crippen LogP contribution >= 0.6 is 34.4 Å². The van der Waals surface area contributed by atoms with E-state index in [9.17, 15) is 4.79 Å². The maximum atomic E-state index is 12.2. The van der Waals surface area contributed by atoms with Gasteiger partial charge in [-0.2, -0.15) is 0 Å². The summed E-state index contributed by atoms with van der Waals surface area (Å²) in [5, 5.41) is 0.943. The number of fused-ring (bicyclic) bond motifs is 1. The molecule has 0 aliphatic carbocycles. The largest absolute Gasteiger partial charge is 0.497 e. The summed E-state index contributed by atoms with van der Waals surface area (Å²) in [5.41, 5.74) is 4.83. The molecule has 0 saturated carbocycles. The Balaban J connectivity index is 1.61. The van der Waals surface area contributed by atoms with Crippen molar-refractivity contribution in [3.05, 3.63) is 87.0 Å². The minimum atomic E-state index is -0.319. The number of nitrogens with zero attached hydrogens (tertiary/aromatic N) is 2. The van der Waals surface area contributed by atoms with Gasteiger partial charge in [0.25, 0.3) is 0 Å². The number of esters is 1. The van der Waals surface area contributed by atoms with E-state index in [1.807, 2.05) is 37.3 Å². The standard InChI is InChI=1S/C26H25IN2O3S/c1-3-32-25(30)20-8-13-24-23(16-20)28-26(33-17-19-4-9-21(27)10-5-19)29(24)15-14-18-6-11-22(31-2)12-7-18/h4-13,16H,3,14-15,17H2,1-2H3. The van der Waals surface area contributed by atoms with Crippen LogP contribution in [-0.2, 0) is 23.5 Å². The van der Waals surface area contributed by atoms with Crippen molar-refractivity contribution in [2.75, 3.05) is 13.7 Å². The first-order valence-electron chi connectivity index (χ1n) is 10.7. The molecule has 4 aromatic rings. The van der Waals surface area contributed by atoms with Crippen LogP contribution in [0.2, 0.25) is 0 Å². The van der Waals surface area contributed by atoms with E-state index < -0.39 is 0 Å². The molecule has 170 valence electrons. The molecule has 0 radical (unpaired) electrons. The highest BCUT2D eigenvalue weighted by Gasteiger charge is 2.15. The Morgan fingerprint density at radius 2 is 1.76 bits per heavy atom. The van der Waals surface area contributed by atoms with E-state index >= 15 is 0 Å². The van der Waals surface area contributed by atoms with Gasteiger partial charge >= 0.3 is 5.97 Å². The van der Waals surface area contributed by atoms with E-state index in [-0.39, 0.29) is 5.97 Å². The molecule has 0 aliphatic heterocycles. The van der Waals surface area contributed by atoms with Crippen LogP contribution < -0.4 is 4.74 Å². The monoisotopic (exact) mass is 572 g/mol. The molecule has 0 spiro atoms. The van der Waals surface area contributed by atoms with Gasteiger partial charge in [0.1, 0.15) is 5.75 Å². The molecule has 7 heteroatoms. The molecule has 0 bridgehead atoms. The molecule has 33 heavy (non-hydrogen) atoms. The van der Waals surface area contributed by atoms with Gasteiger partial charge in [-0.25, -0.2) is 9.78 Å². The molecule has 4 rings (SSSR count). The zero-order chi connectivity index (χ0) is 23.2. The fourth-order valence-corrected chi connectivity index (χ4v) is 4.89. The molecule has 5 nitrogen and oxygen atoms in total. The molecule has 0 aliphatic rings. The Bertz CT molecular complexity index is 1240. The number of ether oxygens (including phenoxy) is 2. The minimum Gasteiger partial charge on any atom is -0.497 e. The summed E-state index contributed by atoms with van der Waals surface area (Å²) in [7, 11) is 1.67. The Labute approximate surface area is 211 Å². The Hall–Kier alpha value is -2.52. The predicted octanol–water partition coefficient (Wildman–Crippen LogP) is 6.36. The summed E-state index contributed by atoms with van der Waals surface area (Å²) in [4.78, 5) is 17.1. The van der Waals surface area contributed by atoms with E-state index in [4.69, 9.17) is 14.5 Å². The first-order valence-corrected chi connectivity index (χ1v) is 12.8. The van der Waals surface area contributed by atoms with Crippen molar-refractivity contribution in [1.29, 1.82) is 0 Å². The number of thioether (sulfide) groups is 1. The van der Waals surface area contributed by atoms with Crippen molar-refractivity contribution >= 4 is 51.4 Å². The molecule has 0 saturated heterocycles. The molecular formula is C26H25IN2O3S. The van der Waals surface area contributed by atoms with E-state index in [1.54, 1.807) is 18.9 Å². The maximum absolute atomic E-state index is 12.2. The van der Waals surface area contributed by atoms with Gasteiger partial charge in [0.15, 0.2) is 5.16 Å². The average Bonchev–Trinajstić information content (AvgIpc) is 3.19. The normalized spacial score (nSPS) is 11.0. The van der Waals surface area contributed by atoms with Crippen molar-refractivity contribution in [3.63, 3.8) is 0 Å². The highest BCUT2D eigenvalue weighted by Crippen LogP contribution is 2.28. The summed E-state index contributed by atoms with van der Waals surface area (Å²) in [5.74, 6) is 1.36. The molecule has 3 aromatic carbocycles. The summed E-state index contributed by atoms with van der Waals surface area (Å²) in [6.07, 6.45) is 0.867. The average molecular weight is 572 g/mol. The third-order valence-corrected chi connectivity index (χ3v) is 7.06. The second-order valence-corrected chi connectivity index (χ2v) is 9.67. The van der Waals surface area contributed by atoms with Crippen LogP contribution in [0.3, 0.4) is 0 Å². The van der Waals surface area contributed by atoms with Gasteiger partial charge in [0, 0.05) is 15.9 Å². The SMILES string of the molecule is CCOC(=O)c1ccc2c(c1)nc(SCc1ccc(I)cc1)n2CCc1ccc(OC)cc1. The third kappa shape index (κ3) is 5.89. The summed E-state index contributed by atoms with van der Waals surface area (Å²) >= 11 is 4.03. The number of rotatable bonds is 9. The van der Waals surface area contributed by atoms with Crippen LogP contribution in [0.4, 0.5) is 0 Å². The molecule has 0 atom stereocenters. The molecular weight excluding hydrogens is 547 g/mol. The van der Waals surface area contributed by atoms with Crippen molar-refractivity contribution in [2.24, 2.45) is 0 Å². The number of benzene rings is 3. The first-order chi connectivity index (χ1) is 16.1. The minimum absolute atomic E-state index is 0.319. The summed E-state index contributed by atoms with van der Waals surface area (Å²) < 4.78 is 13.9. The first kappa shape index (κ1) is 23.6. The van der Waals surface area contributed by atoms with Gasteiger partial charge < -0.3 is 14.0 Å². The van der Waals surface area contributed by atoms with Crippen LogP contribution in [0.5, 0.6) is 5.75 Å². The highest BCUT2D eigenvalue weighted by molar-refractivity contribution is 14.1. The summed E-state index contributed by atoms with van der Waals surface area (Å²) in [6.45, 7) is 2.95. The van der Waals surface area contributed by atoms with Gasteiger partial charge in [-0.05, 0) is 89.5 Å². The van der Waals surface area contributed by atoms with Crippen LogP contribution in [0.25, 0.3) is 11.0 Å². The highest BCUT2D eigenvalue weighted by atomic mass is 127. The van der Waals surface area contributed by atoms with Crippen LogP contribution in [0.15, 0.2) is 71.9 Å². The zero-order valence-electron chi connectivity index (χ0n) is 18.6. The molecule has 0 amide bonds. The summed E-state index contributed by atoms with van der Waals surface area (Å²) in [6, 6.07) is 22.3. The fourth-order valence-electron chi connectivity index (χ4n) is 3.54. The van der Waals surface area contributed by atoms with Crippen molar-refractivity contribution in [2.45, 2.75) is 30.8 Å². The molecule has 1 aromatic heterocycles. The smallest absolute Gasteiger partial charge is 0.338 e. The molecule has 1 heterocycles. The molecule has 0 fully saturated rings. The van der Waals surface area contributed by atoms with E-state index in [2.05, 4.69) is 63.6 Å². The topological polar surface area (TPSA) is 53.3 Å². The number of hydrogen-bond donors (Lipinski definition) is 0. The Kier molecular flexibility index (Phi) is 7.93. The van der Waals surface area contributed by atoms with Gasteiger partial charge in [-0.1, -0.05) is 36.0 Å². The lowest BCUT2D eigenvalue weighted by Crippen LogP contribution is -2.05. The Morgan fingerprint density at radius 3 is 2.45 bits per heavy atom. The van der Waals surface area contributed by atoms with E-state index in [0.717, 1.165) is 40.7 Å². The second kappa shape index (κ2) is 11.1. The number of aromatic nitrogens is 2. The second-order valence-electron chi connectivity index (χ2n) is 7.48. The molecule has 0 N–H and O–H groups in total. The quantitative estimate of drug-likeness (QED) is 0.133. The van der Waals surface area contributed by atoms with Crippen LogP contribution in [-0.4, -0.2) is 29.2 Å². The van der Waals surface area contributed by atoms with E-state index in [1.165, 1.54) is 14.7 Å². The van der Waals surface area contributed by atoms with Gasteiger partial charge in [0.05, 0.1) is 30.3 Å². The van der Waals surface area contributed by atoms with Gasteiger partial charge in [0.2, 0.25) is 0 Å². The molecule has 0 unspecified atom stereocenters. The van der Waals surface area contributed by atoms with Gasteiger partial charge in [-0.3, -0.25) is 0 Å². The van der Waals surface area contributed by atoms with Crippen molar-refractivity contribution in [1.82, 2.24) is 9.55 Å². The number of carbonyl (C=O) groups excluding carboxylic acids is 1. The number of aryl methyl sites for hydroxylation is 2. The zero-order valence-corrected chi connectivity index (χ0v) is 21.6. The number of halogens is 1. The number of imidazole rings is 1. The lowest BCUT2D eigenvalue weighted by Gasteiger charge is -2.10. The van der Waals surface area contributed by atoms with E-state index in [0.29, 0.717) is 12.2 Å². The van der Waals surface area contributed by atoms with Crippen LogP contribution in [0.1, 0.15) is 28.4 Å². The third-order valence-electron chi connectivity index (χ3n) is 5.29. The van der Waals surface area contributed by atoms with Crippen molar-refractivity contribution < 1.29 is 14.3 Å². The van der Waals surface area contributed by atoms with Crippen LogP contribution in [0, 0.1) is 3.57 Å². The number of carbonyl (C=O) groups is 1. The lowest BCUT2D eigenvalue weighted by atomic mass is 10.1. The fraction of sp³-hybridized carbons (Fsp3) is 0.231. The Morgan fingerprint density at radius 1 is 1.03 bits per heavy atom. The maximum Gasteiger partial charge on any atom is 0.338 e. The van der Waals surface area contributed by atoms with Gasteiger partial charge in [-0.15, -0.1) is 0 Å². The van der Waals surface area contributed by atoms with Crippen molar-refractivity contribution in [3.8, 4) is 5.75 Å². The predicted molar refractivity (Wildman–Crippen MR) is 141 cm³/mol. The number of hydrogen-bond acceptors (Lipinski definition) is 5. The lowest BCUT2D eigenvalue weighted by molar-refractivity contribution is 0.0526. The number of methoxy groups -OCH3 is 1.